The number of hydrogen-bond donors (Lipinski definition) is 7. The lowest BCUT2D eigenvalue weighted by atomic mass is 10.1. The van der Waals surface area contributed by atoms with E-state index < -0.39 is 35.8 Å². The molecule has 0 atom stereocenters. The number of thiophene rings is 4. The van der Waals surface area contributed by atoms with Gasteiger partial charge in [0.2, 0.25) is 0 Å². The summed E-state index contributed by atoms with van der Waals surface area (Å²) >= 11 is 19.0. The van der Waals surface area contributed by atoms with E-state index in [0.717, 1.165) is 224 Å². The highest BCUT2D eigenvalue weighted by Crippen LogP contribution is 2.31. The molecule has 5 aromatic carbocycles. The van der Waals surface area contributed by atoms with E-state index in [4.69, 9.17) is 33.0 Å². The van der Waals surface area contributed by atoms with Gasteiger partial charge in [-0.25, -0.2) is 58.7 Å². The van der Waals surface area contributed by atoms with E-state index in [1.54, 1.807) is 157 Å². The number of benzene rings is 5. The van der Waals surface area contributed by atoms with Crippen LogP contribution < -0.4 is 4.74 Å². The molecule has 0 spiro atoms. The number of aromatic amines is 1. The number of aryl methyl sites for hydroxylation is 7. The number of nitrogens with one attached hydrogen (secondary N) is 1. The number of carboxylic acid groups (broad SMARTS) is 6. The molecule has 26 nitrogen and oxygen atoms in total. The van der Waals surface area contributed by atoms with Crippen molar-refractivity contribution in [2.24, 2.45) is 0 Å². The fourth-order valence-corrected chi connectivity index (χ4v) is 19.4. The molecule has 15 rings (SSSR count). The second-order valence-electron chi connectivity index (χ2n) is 34.8. The molecule has 0 saturated carbocycles. The van der Waals surface area contributed by atoms with Crippen molar-refractivity contribution in [1.29, 1.82) is 5.26 Å². The van der Waals surface area contributed by atoms with Crippen LogP contribution in [0.25, 0.3) is 30.4 Å². The summed E-state index contributed by atoms with van der Waals surface area (Å²) in [5.41, 5.74) is 14.1. The Morgan fingerprint density at radius 3 is 1.14 bits per heavy atom. The van der Waals surface area contributed by atoms with E-state index in [1.807, 2.05) is 170 Å². The van der Waals surface area contributed by atoms with Crippen LogP contribution in [0.15, 0.2) is 251 Å². The number of H-pyrrole nitrogens is 1. The van der Waals surface area contributed by atoms with Crippen LogP contribution in [0.3, 0.4) is 0 Å². The monoisotopic (exact) mass is 2080 g/mol. The van der Waals surface area contributed by atoms with Gasteiger partial charge in [0, 0.05) is 147 Å². The van der Waals surface area contributed by atoms with Gasteiger partial charge in [0.15, 0.2) is 0 Å². The highest BCUT2D eigenvalue weighted by molar-refractivity contribution is 7.12. The number of aliphatic carboxylic acids is 5. The van der Waals surface area contributed by atoms with E-state index in [-0.39, 0.29) is 17.6 Å². The van der Waals surface area contributed by atoms with E-state index in [2.05, 4.69) is 90.8 Å². The molecule has 10 heterocycles. The Kier molecular flexibility index (Phi) is 44.4. The Hall–Kier alpha value is -14.5. The van der Waals surface area contributed by atoms with Crippen LogP contribution in [-0.4, -0.2) is 131 Å². The van der Waals surface area contributed by atoms with Gasteiger partial charge in [-0.05, 0) is 204 Å². The maximum Gasteiger partial charge on any atom is 0.335 e. The minimum Gasteiger partial charge on any atom is -0.496 e. The lowest BCUT2D eigenvalue weighted by Crippen LogP contribution is -2.10. The van der Waals surface area contributed by atoms with Crippen molar-refractivity contribution >= 4 is 135 Å². The van der Waals surface area contributed by atoms with Crippen molar-refractivity contribution in [2.45, 2.75) is 210 Å². The Bertz CT molecular complexity index is 6850. The van der Waals surface area contributed by atoms with E-state index in [1.165, 1.54) is 0 Å². The van der Waals surface area contributed by atoms with Gasteiger partial charge < -0.3 is 63.2 Å². The number of hydrogen-bond acceptors (Lipinski definition) is 18. The number of carbonyl (C=O) groups is 6. The Morgan fingerprint density at radius 1 is 0.411 bits per heavy atom. The molecule has 0 unspecified atom stereocenters. The predicted octanol–water partition coefficient (Wildman–Crippen LogP) is 25.4. The molecule has 0 aliphatic carbocycles. The summed E-state index contributed by atoms with van der Waals surface area (Å²) in [5, 5.41) is 76.3. The molecule has 7 N–H and O–H groups in total. The molecule has 32 heteroatoms. The Balaban J connectivity index is 0.000000174. The van der Waals surface area contributed by atoms with Crippen molar-refractivity contribution in [3.8, 4) is 11.8 Å². The first-order valence-corrected chi connectivity index (χ1v) is 52.8. The van der Waals surface area contributed by atoms with Crippen molar-refractivity contribution in [3.05, 3.63) is 394 Å². The quantitative estimate of drug-likeness (QED) is 0.0174. The molecule has 0 saturated heterocycles. The van der Waals surface area contributed by atoms with Crippen molar-refractivity contribution < 1.29 is 64.1 Å². The zero-order valence-corrected chi connectivity index (χ0v) is 88.0. The molecule has 0 radical (unpaired) electrons. The third kappa shape index (κ3) is 33.8. The average Bonchev–Trinajstić information content (AvgIpc) is 1.70. The van der Waals surface area contributed by atoms with E-state index in [9.17, 15) is 59.6 Å². The molecule has 0 amide bonds. The van der Waals surface area contributed by atoms with Crippen molar-refractivity contribution in [3.63, 3.8) is 0 Å². The standard InChI is InChI=1S/C24H26N2O4S.C24H28N2O3S.C23H23N3O2S.C22H23ClN2O2S.C21H23ClN4O2/c1-3-4-5-22-25-14-20(12-19(24(29)30)13-21-11-6-16(2)31-21)26(22)15-17-7-9-18(10-8-17)23(27)28;1-4-5-8-23-25-15-20(13-19(24(27)28)14-21-7-6-11-30-21)26(23)16-18-9-10-22(29-3)17(2)12-18;1-2-3-10-22-25-15-20(12-19(23(27)28)13-21-9-6-11-29-21)26(22)16-18-8-5-4-7-17(18)14-24;1-2-3-8-21-24-13-19(25(21)14-17-6-4-5-7-20(17)23)12-18(22(26)27)11-16-9-10-28-15-16;1-2-3-8-20-24-12-18(26(20)13-15-6-4-5-7-19(15)22)10-16(21(27)28)9-17-11-23-14-25-17/h6-12,14H,3-5,13,15H2,1-2H3,(H,27,28)(H,29,30);6-7,9-13,15H,4-5,8,14,16H2,1-3H3,(H,27,28);4-9,11-12,15H,2-3,10,13,16H2,1H3,(H,27,28);4-7,9-10,12-13,15H,2-3,8,11,14H2,1H3,(H,26,27);4-7,10-12,14H,2-3,8-9,13H2,1H3,(H,23,25)(H,27,28)/b19-12+;19-13+;19-12+;18-12+;16-10+. The maximum atomic E-state index is 11.9. The topological polar surface area (TPSA) is 375 Å². The first-order chi connectivity index (χ1) is 70.7. The fourth-order valence-electron chi connectivity index (χ4n) is 16.0. The molecule has 0 aliphatic rings. The van der Waals surface area contributed by atoms with Crippen LogP contribution in [0.1, 0.15) is 236 Å². The zero-order valence-electron chi connectivity index (χ0n) is 83.2. The number of rotatable bonds is 47. The average molecular weight is 2080 g/mol. The van der Waals surface area contributed by atoms with Crippen LogP contribution in [0.5, 0.6) is 5.75 Å². The summed E-state index contributed by atoms with van der Waals surface area (Å²) in [4.78, 5) is 104. The molecular weight excluding hydrogens is 1960 g/mol. The molecule has 0 aliphatic heterocycles. The highest BCUT2D eigenvalue weighted by Gasteiger charge is 2.24. The van der Waals surface area contributed by atoms with Gasteiger partial charge in [-0.2, -0.15) is 16.6 Å². The number of aromatic nitrogens is 12. The van der Waals surface area contributed by atoms with E-state index in [0.29, 0.717) is 96.3 Å². The zero-order chi connectivity index (χ0) is 104. The molecular formula is C114H123Cl2N13O13S4. The molecule has 15 aromatic rings. The molecule has 0 fully saturated rings. The minimum absolute atomic E-state index is 0.236. The van der Waals surface area contributed by atoms with E-state index >= 15 is 0 Å². The lowest BCUT2D eigenvalue weighted by molar-refractivity contribution is -0.133. The van der Waals surface area contributed by atoms with Gasteiger partial charge in [0.05, 0.1) is 110 Å². The predicted molar refractivity (Wildman–Crippen MR) is 582 cm³/mol. The normalized spacial score (nSPS) is 11.6. The number of nitrogens with zero attached hydrogens (tertiary/aromatic N) is 12. The third-order valence-electron chi connectivity index (χ3n) is 23.9. The minimum atomic E-state index is -0.963. The van der Waals surface area contributed by atoms with Crippen LogP contribution in [0.2, 0.25) is 10.0 Å². The SMILES string of the molecule is CCCCc1ncc(/C=C(\Cc2ccc(C)s2)C(=O)O)n1Cc1ccc(C(=O)O)cc1.CCCCc1ncc(/C=C(\Cc2cccs2)C(=O)O)n1Cc1ccc(OC)c(C)c1.CCCCc1ncc(/C=C(\Cc2cccs2)C(=O)O)n1Cc1ccccc1C#N.CCCCc1ncc(/C=C(\Cc2ccsc2)C(=O)O)n1Cc1ccccc1Cl.CCCCc1ncc(/C=C(\Cc2cnc[nH]2)C(=O)O)n1Cc1ccccc1Cl. The molecule has 10 aromatic heterocycles. The van der Waals surface area contributed by atoms with Gasteiger partial charge in [-0.15, -0.1) is 34.0 Å². The van der Waals surface area contributed by atoms with Gasteiger partial charge >= 0.3 is 35.8 Å². The summed E-state index contributed by atoms with van der Waals surface area (Å²) < 4.78 is 15.7. The summed E-state index contributed by atoms with van der Waals surface area (Å²) in [7, 11) is 1.67. The number of halogens is 2. The lowest BCUT2D eigenvalue weighted by Gasteiger charge is -2.13. The number of aromatic carboxylic acids is 1. The van der Waals surface area contributed by atoms with Crippen LogP contribution in [0.4, 0.5) is 0 Å². The fraction of sp³-hybridized carbons (Fsp3) is 0.289. The second kappa shape index (κ2) is 57.9. The highest BCUT2D eigenvalue weighted by atomic mass is 35.5. The van der Waals surface area contributed by atoms with Gasteiger partial charge in [-0.3, -0.25) is 0 Å². The number of nitriles is 1. The van der Waals surface area contributed by atoms with Gasteiger partial charge in [0.25, 0.3) is 0 Å². The number of unbranched alkanes of at least 4 members (excludes halogenated alkanes) is 5. The first kappa shape index (κ1) is 112. The molecule has 146 heavy (non-hydrogen) atoms. The molecule has 0 bridgehead atoms. The summed E-state index contributed by atoms with van der Waals surface area (Å²) in [5.74, 6) is -0.0769. The number of imidazole rings is 6. The van der Waals surface area contributed by atoms with Crippen molar-refractivity contribution in [1.82, 2.24) is 57.7 Å². The van der Waals surface area contributed by atoms with Crippen LogP contribution >= 0.6 is 68.5 Å². The van der Waals surface area contributed by atoms with Crippen LogP contribution in [-0.2, 0) is 121 Å². The summed E-state index contributed by atoms with van der Waals surface area (Å²) in [6.45, 7) is 17.4. The first-order valence-electron chi connectivity index (χ1n) is 48.6. The number of ether oxygens (including phenoxy) is 1. The van der Waals surface area contributed by atoms with Crippen LogP contribution in [0, 0.1) is 25.2 Å². The summed E-state index contributed by atoms with van der Waals surface area (Å²) in [6.07, 6.45) is 36.8. The smallest absolute Gasteiger partial charge is 0.335 e. The Morgan fingerprint density at radius 2 is 0.795 bits per heavy atom. The summed E-state index contributed by atoms with van der Waals surface area (Å²) in [6, 6.07) is 51.7. The number of methoxy groups -OCH3 is 1. The van der Waals surface area contributed by atoms with Gasteiger partial charge in [0.1, 0.15) is 34.9 Å². The third-order valence-corrected chi connectivity index (χ3v) is 28.2. The van der Waals surface area contributed by atoms with Gasteiger partial charge in [-0.1, -0.05) is 181 Å². The largest absolute Gasteiger partial charge is 0.496 e. The number of carboxylic acids is 6. The maximum absolute atomic E-state index is 11.9. The van der Waals surface area contributed by atoms with Crippen molar-refractivity contribution in [2.75, 3.05) is 7.11 Å². The second-order valence-corrected chi connectivity index (χ2v) is 39.9. The molecule has 760 valence electrons. The Labute approximate surface area is 877 Å².